The third-order valence-electron chi connectivity index (χ3n) is 3.70. The van der Waals surface area contributed by atoms with Crippen LogP contribution in [-0.2, 0) is 0 Å². The van der Waals surface area contributed by atoms with Gasteiger partial charge in [-0.25, -0.2) is 0 Å². The maximum absolute atomic E-state index is 5.71. The molecular weight excluding hydrogens is 200 g/mol. The first kappa shape index (κ1) is 11.6. The van der Waals surface area contributed by atoms with Crippen molar-refractivity contribution in [2.75, 3.05) is 6.54 Å². The third kappa shape index (κ3) is 2.26. The second kappa shape index (κ2) is 4.95. The summed E-state index contributed by atoms with van der Waals surface area (Å²) in [6.07, 6.45) is 6.77. The van der Waals surface area contributed by atoms with Gasteiger partial charge in [-0.2, -0.15) is 0 Å². The van der Waals surface area contributed by atoms with Gasteiger partial charge in [-0.3, -0.25) is 0 Å². The zero-order chi connectivity index (χ0) is 11.5. The van der Waals surface area contributed by atoms with Gasteiger partial charge in [-0.1, -0.05) is 0 Å². The first-order valence-corrected chi connectivity index (χ1v) is 6.31. The minimum atomic E-state index is 0.456. The number of aromatic nitrogens is 3. The molecule has 0 atom stereocenters. The molecule has 1 saturated carbocycles. The van der Waals surface area contributed by atoms with E-state index in [1.165, 1.54) is 31.5 Å². The predicted molar refractivity (Wildman–Crippen MR) is 64.2 cm³/mol. The third-order valence-corrected chi connectivity index (χ3v) is 3.70. The molecule has 0 bridgehead atoms. The van der Waals surface area contributed by atoms with Gasteiger partial charge in [0.2, 0.25) is 0 Å². The van der Waals surface area contributed by atoms with E-state index in [9.17, 15) is 0 Å². The van der Waals surface area contributed by atoms with E-state index in [1.54, 1.807) is 0 Å². The van der Waals surface area contributed by atoms with Gasteiger partial charge in [0.15, 0.2) is 0 Å². The molecule has 4 nitrogen and oxygen atoms in total. The molecule has 2 rings (SSSR count). The van der Waals surface area contributed by atoms with Crippen molar-refractivity contribution in [2.24, 2.45) is 11.7 Å². The predicted octanol–water partition coefficient (Wildman–Crippen LogP) is 2.09. The molecule has 0 saturated heterocycles. The number of nitrogens with zero attached hydrogens (tertiary/aromatic N) is 3. The van der Waals surface area contributed by atoms with Crippen LogP contribution in [0, 0.1) is 5.92 Å². The summed E-state index contributed by atoms with van der Waals surface area (Å²) in [6.45, 7) is 5.19. The molecule has 1 fully saturated rings. The summed E-state index contributed by atoms with van der Waals surface area (Å²) in [7, 11) is 0. The fraction of sp³-hybridized carbons (Fsp3) is 0.833. The summed E-state index contributed by atoms with van der Waals surface area (Å²) in [6, 6.07) is 0.456. The Morgan fingerprint density at radius 1 is 1.38 bits per heavy atom. The Morgan fingerprint density at radius 3 is 2.62 bits per heavy atom. The molecule has 1 aliphatic carbocycles. The molecule has 0 aliphatic heterocycles. The van der Waals surface area contributed by atoms with Gasteiger partial charge in [0, 0.05) is 12.0 Å². The zero-order valence-electron chi connectivity index (χ0n) is 10.3. The van der Waals surface area contributed by atoms with Gasteiger partial charge in [0.05, 0.1) is 0 Å². The van der Waals surface area contributed by atoms with Gasteiger partial charge < -0.3 is 10.3 Å². The Kier molecular flexibility index (Phi) is 3.59. The van der Waals surface area contributed by atoms with E-state index in [-0.39, 0.29) is 0 Å². The Hall–Kier alpha value is -0.900. The molecule has 1 heterocycles. The maximum atomic E-state index is 5.71. The minimum Gasteiger partial charge on any atom is -0.330 e. The summed E-state index contributed by atoms with van der Waals surface area (Å²) in [5.74, 6) is 2.49. The van der Waals surface area contributed by atoms with E-state index >= 15 is 0 Å². The van der Waals surface area contributed by atoms with E-state index in [1.807, 2.05) is 6.33 Å². The first-order chi connectivity index (χ1) is 7.72. The highest BCUT2D eigenvalue weighted by Gasteiger charge is 2.25. The summed E-state index contributed by atoms with van der Waals surface area (Å²) in [5.41, 5.74) is 5.71. The molecule has 90 valence electrons. The van der Waals surface area contributed by atoms with Crippen molar-refractivity contribution in [3.8, 4) is 0 Å². The van der Waals surface area contributed by atoms with Crippen LogP contribution in [0.25, 0.3) is 0 Å². The number of rotatable bonds is 3. The second-order valence-corrected chi connectivity index (χ2v) is 5.14. The van der Waals surface area contributed by atoms with Crippen molar-refractivity contribution in [3.63, 3.8) is 0 Å². The van der Waals surface area contributed by atoms with Gasteiger partial charge >= 0.3 is 0 Å². The average Bonchev–Trinajstić information content (AvgIpc) is 2.78. The highest BCUT2D eigenvalue weighted by Crippen LogP contribution is 2.34. The lowest BCUT2D eigenvalue weighted by atomic mass is 9.81. The highest BCUT2D eigenvalue weighted by molar-refractivity contribution is 4.99. The Bertz CT molecular complexity index is 324. The molecule has 0 radical (unpaired) electrons. The highest BCUT2D eigenvalue weighted by atomic mass is 15.3. The van der Waals surface area contributed by atoms with Crippen molar-refractivity contribution in [2.45, 2.75) is 51.5 Å². The summed E-state index contributed by atoms with van der Waals surface area (Å²) >= 11 is 0. The van der Waals surface area contributed by atoms with Crippen LogP contribution in [0.5, 0.6) is 0 Å². The van der Waals surface area contributed by atoms with Gasteiger partial charge in [-0.05, 0) is 52.0 Å². The minimum absolute atomic E-state index is 0.456. The van der Waals surface area contributed by atoms with Crippen LogP contribution in [0.15, 0.2) is 6.33 Å². The van der Waals surface area contributed by atoms with E-state index in [0.717, 1.165) is 12.5 Å². The number of nitrogens with two attached hydrogens (primary N) is 1. The summed E-state index contributed by atoms with van der Waals surface area (Å²) in [4.78, 5) is 0. The van der Waals surface area contributed by atoms with Crippen molar-refractivity contribution >= 4 is 0 Å². The van der Waals surface area contributed by atoms with Gasteiger partial charge in [0.1, 0.15) is 12.2 Å². The molecule has 1 aromatic heterocycles. The zero-order valence-corrected chi connectivity index (χ0v) is 10.3. The van der Waals surface area contributed by atoms with Crippen molar-refractivity contribution in [1.29, 1.82) is 0 Å². The Labute approximate surface area is 97.2 Å². The van der Waals surface area contributed by atoms with Crippen LogP contribution in [-0.4, -0.2) is 21.3 Å². The van der Waals surface area contributed by atoms with E-state index in [2.05, 4.69) is 28.6 Å². The van der Waals surface area contributed by atoms with Crippen LogP contribution in [0.4, 0.5) is 0 Å². The Balaban J connectivity index is 2.05. The molecule has 1 aromatic rings. The SMILES string of the molecule is CC(C)n1cnnc1C1CCC(CN)CC1. The molecule has 0 aromatic carbocycles. The largest absolute Gasteiger partial charge is 0.330 e. The van der Waals surface area contributed by atoms with E-state index < -0.39 is 0 Å². The van der Waals surface area contributed by atoms with Crippen molar-refractivity contribution < 1.29 is 0 Å². The van der Waals surface area contributed by atoms with Crippen LogP contribution in [0.3, 0.4) is 0 Å². The molecule has 4 heteroatoms. The average molecular weight is 222 g/mol. The van der Waals surface area contributed by atoms with Crippen LogP contribution < -0.4 is 5.73 Å². The molecule has 2 N–H and O–H groups in total. The standard InChI is InChI=1S/C12H22N4/c1-9(2)16-8-14-15-12(16)11-5-3-10(7-13)4-6-11/h8-11H,3-7,13H2,1-2H3. The Morgan fingerprint density at radius 2 is 2.06 bits per heavy atom. The van der Waals surface area contributed by atoms with Crippen LogP contribution >= 0.6 is 0 Å². The van der Waals surface area contributed by atoms with Crippen LogP contribution in [0.2, 0.25) is 0 Å². The molecule has 0 spiro atoms. The number of hydrogen-bond donors (Lipinski definition) is 1. The molecule has 0 unspecified atom stereocenters. The molecule has 1 aliphatic rings. The quantitative estimate of drug-likeness (QED) is 0.852. The normalized spacial score (nSPS) is 26.2. The summed E-state index contributed by atoms with van der Waals surface area (Å²) in [5, 5.41) is 8.34. The fourth-order valence-corrected chi connectivity index (χ4v) is 2.60. The van der Waals surface area contributed by atoms with E-state index in [4.69, 9.17) is 5.73 Å². The number of hydrogen-bond acceptors (Lipinski definition) is 3. The topological polar surface area (TPSA) is 56.7 Å². The van der Waals surface area contributed by atoms with E-state index in [0.29, 0.717) is 12.0 Å². The molecular formula is C12H22N4. The second-order valence-electron chi connectivity index (χ2n) is 5.14. The van der Waals surface area contributed by atoms with Gasteiger partial charge in [-0.15, -0.1) is 10.2 Å². The smallest absolute Gasteiger partial charge is 0.136 e. The lowest BCUT2D eigenvalue weighted by Crippen LogP contribution is -2.22. The fourth-order valence-electron chi connectivity index (χ4n) is 2.60. The van der Waals surface area contributed by atoms with Gasteiger partial charge in [0.25, 0.3) is 0 Å². The molecule has 16 heavy (non-hydrogen) atoms. The monoisotopic (exact) mass is 222 g/mol. The summed E-state index contributed by atoms with van der Waals surface area (Å²) < 4.78 is 2.20. The lowest BCUT2D eigenvalue weighted by Gasteiger charge is -2.27. The molecule has 0 amide bonds. The first-order valence-electron chi connectivity index (χ1n) is 6.31. The van der Waals surface area contributed by atoms with Crippen molar-refractivity contribution in [1.82, 2.24) is 14.8 Å². The van der Waals surface area contributed by atoms with Crippen LogP contribution in [0.1, 0.15) is 57.3 Å². The van der Waals surface area contributed by atoms with Crippen molar-refractivity contribution in [3.05, 3.63) is 12.2 Å². The maximum Gasteiger partial charge on any atom is 0.136 e. The lowest BCUT2D eigenvalue weighted by molar-refractivity contribution is 0.317.